The topological polar surface area (TPSA) is 76.4 Å². The Bertz CT molecular complexity index is 594. The number of carbonyl (C=O) groups is 1. The molecule has 0 aliphatic carbocycles. The second kappa shape index (κ2) is 5.92. The van der Waals surface area contributed by atoms with E-state index in [0.29, 0.717) is 11.4 Å². The predicted octanol–water partition coefficient (Wildman–Crippen LogP) is 3.06. The molecule has 2 rings (SSSR count). The Labute approximate surface area is 115 Å². The van der Waals surface area contributed by atoms with Gasteiger partial charge in [0.05, 0.1) is 7.11 Å². The lowest BCUT2D eigenvalue weighted by Gasteiger charge is -2.09. The molecule has 2 aromatic rings. The van der Waals surface area contributed by atoms with E-state index < -0.39 is 11.8 Å². The molecular formula is C14H14FN3O2. The molecule has 0 bridgehead atoms. The average molecular weight is 275 g/mol. The highest BCUT2D eigenvalue weighted by atomic mass is 19.1. The standard InChI is InChI=1S/C14H14FN3O2/c1-20-13-4-2-11(3-5-13)17-14(19)18-12-7-9(15)6-10(16)8-12/h2-8H,16H2,1H3,(H2,17,18,19). The number of hydrogen-bond donors (Lipinski definition) is 3. The van der Waals surface area contributed by atoms with Crippen molar-refractivity contribution < 1.29 is 13.9 Å². The Hall–Kier alpha value is -2.76. The van der Waals surface area contributed by atoms with Gasteiger partial charge in [-0.2, -0.15) is 0 Å². The van der Waals surface area contributed by atoms with Gasteiger partial charge < -0.3 is 21.1 Å². The molecule has 0 fully saturated rings. The van der Waals surface area contributed by atoms with E-state index in [0.717, 1.165) is 0 Å². The smallest absolute Gasteiger partial charge is 0.323 e. The molecule has 6 heteroatoms. The SMILES string of the molecule is COc1ccc(NC(=O)Nc2cc(N)cc(F)c2)cc1. The first-order valence-electron chi connectivity index (χ1n) is 5.85. The van der Waals surface area contributed by atoms with Crippen LogP contribution in [0, 0.1) is 5.82 Å². The van der Waals surface area contributed by atoms with Gasteiger partial charge in [-0.05, 0) is 42.5 Å². The van der Waals surface area contributed by atoms with Crippen LogP contribution in [0.4, 0.5) is 26.2 Å². The highest BCUT2D eigenvalue weighted by Crippen LogP contribution is 2.17. The molecule has 0 saturated heterocycles. The minimum absolute atomic E-state index is 0.241. The van der Waals surface area contributed by atoms with Gasteiger partial charge in [-0.15, -0.1) is 0 Å². The summed E-state index contributed by atoms with van der Waals surface area (Å²) in [5, 5.41) is 5.11. The third-order valence-corrected chi connectivity index (χ3v) is 2.53. The first-order valence-corrected chi connectivity index (χ1v) is 5.85. The Morgan fingerprint density at radius 1 is 1.10 bits per heavy atom. The van der Waals surface area contributed by atoms with E-state index in [1.54, 1.807) is 31.4 Å². The van der Waals surface area contributed by atoms with E-state index in [1.165, 1.54) is 18.2 Å². The second-order valence-corrected chi connectivity index (χ2v) is 4.08. The molecule has 104 valence electrons. The minimum Gasteiger partial charge on any atom is -0.497 e. The maximum atomic E-state index is 13.1. The Balaban J connectivity index is 2.01. The minimum atomic E-state index is -0.509. The summed E-state index contributed by atoms with van der Waals surface area (Å²) in [6, 6.07) is 10.2. The normalized spacial score (nSPS) is 9.90. The molecule has 0 saturated carbocycles. The summed E-state index contributed by atoms with van der Waals surface area (Å²) in [6.07, 6.45) is 0. The van der Waals surface area contributed by atoms with E-state index in [2.05, 4.69) is 10.6 Å². The van der Waals surface area contributed by atoms with Gasteiger partial charge in [-0.1, -0.05) is 0 Å². The van der Waals surface area contributed by atoms with Crippen molar-refractivity contribution in [3.05, 3.63) is 48.3 Å². The number of carbonyl (C=O) groups excluding carboxylic acids is 1. The first kappa shape index (κ1) is 13.7. The Morgan fingerprint density at radius 2 is 1.75 bits per heavy atom. The number of anilines is 3. The van der Waals surface area contributed by atoms with Gasteiger partial charge in [0.1, 0.15) is 11.6 Å². The van der Waals surface area contributed by atoms with Crippen LogP contribution in [-0.4, -0.2) is 13.1 Å². The number of nitrogens with one attached hydrogen (secondary N) is 2. The number of methoxy groups -OCH3 is 1. The van der Waals surface area contributed by atoms with Gasteiger partial charge in [0.2, 0.25) is 0 Å². The van der Waals surface area contributed by atoms with Gasteiger partial charge in [-0.25, -0.2) is 9.18 Å². The maximum absolute atomic E-state index is 13.1. The van der Waals surface area contributed by atoms with Crippen molar-refractivity contribution in [3.63, 3.8) is 0 Å². The van der Waals surface area contributed by atoms with Crippen molar-refractivity contribution in [1.29, 1.82) is 0 Å². The van der Waals surface area contributed by atoms with Gasteiger partial charge in [-0.3, -0.25) is 0 Å². The molecular weight excluding hydrogens is 261 g/mol. The molecule has 0 spiro atoms. The molecule has 5 nitrogen and oxygen atoms in total. The summed E-state index contributed by atoms with van der Waals surface area (Å²) in [6.45, 7) is 0. The lowest BCUT2D eigenvalue weighted by Crippen LogP contribution is -2.19. The Kier molecular flexibility index (Phi) is 4.05. The zero-order valence-electron chi connectivity index (χ0n) is 10.8. The second-order valence-electron chi connectivity index (χ2n) is 4.08. The van der Waals surface area contributed by atoms with Crippen LogP contribution in [0.15, 0.2) is 42.5 Å². The first-order chi connectivity index (χ1) is 9.56. The Morgan fingerprint density at radius 3 is 2.35 bits per heavy atom. The van der Waals surface area contributed by atoms with Crippen molar-refractivity contribution >= 4 is 23.1 Å². The highest BCUT2D eigenvalue weighted by Gasteiger charge is 2.05. The zero-order chi connectivity index (χ0) is 14.5. The number of urea groups is 1. The van der Waals surface area contributed by atoms with Crippen molar-refractivity contribution in [2.24, 2.45) is 0 Å². The van der Waals surface area contributed by atoms with Crippen molar-refractivity contribution in [2.45, 2.75) is 0 Å². The fourth-order valence-electron chi connectivity index (χ4n) is 1.65. The summed E-state index contributed by atoms with van der Waals surface area (Å²) >= 11 is 0. The third-order valence-electron chi connectivity index (χ3n) is 2.53. The van der Waals surface area contributed by atoms with Crippen LogP contribution >= 0.6 is 0 Å². The van der Waals surface area contributed by atoms with E-state index in [4.69, 9.17) is 10.5 Å². The third kappa shape index (κ3) is 3.61. The summed E-state index contributed by atoms with van der Waals surface area (Å²) in [4.78, 5) is 11.7. The number of hydrogen-bond acceptors (Lipinski definition) is 3. The van der Waals surface area contributed by atoms with Crippen LogP contribution in [-0.2, 0) is 0 Å². The summed E-state index contributed by atoms with van der Waals surface area (Å²) < 4.78 is 18.1. The van der Waals surface area contributed by atoms with Crippen molar-refractivity contribution in [1.82, 2.24) is 0 Å². The lowest BCUT2D eigenvalue weighted by molar-refractivity contribution is 0.262. The molecule has 0 radical (unpaired) electrons. The van der Waals surface area contributed by atoms with E-state index in [-0.39, 0.29) is 11.4 Å². The number of amides is 2. The number of halogens is 1. The van der Waals surface area contributed by atoms with E-state index in [1.807, 2.05) is 0 Å². The van der Waals surface area contributed by atoms with Crippen molar-refractivity contribution in [3.8, 4) is 5.75 Å². The van der Waals surface area contributed by atoms with Crippen molar-refractivity contribution in [2.75, 3.05) is 23.5 Å². The zero-order valence-corrected chi connectivity index (χ0v) is 10.8. The summed E-state index contributed by atoms with van der Waals surface area (Å²) in [5.74, 6) is 0.179. The molecule has 0 atom stereocenters. The average Bonchev–Trinajstić information content (AvgIpc) is 2.38. The molecule has 0 heterocycles. The van der Waals surface area contributed by atoms with Gasteiger partial charge in [0, 0.05) is 17.1 Å². The molecule has 0 aliphatic rings. The monoisotopic (exact) mass is 275 g/mol. The molecule has 0 aromatic heterocycles. The molecule has 0 aliphatic heterocycles. The molecule has 20 heavy (non-hydrogen) atoms. The predicted molar refractivity (Wildman–Crippen MR) is 76.4 cm³/mol. The number of ether oxygens (including phenoxy) is 1. The summed E-state index contributed by atoms with van der Waals surface area (Å²) in [7, 11) is 1.56. The number of nitrogen functional groups attached to an aromatic ring is 1. The molecule has 2 aromatic carbocycles. The fourth-order valence-corrected chi connectivity index (χ4v) is 1.65. The maximum Gasteiger partial charge on any atom is 0.323 e. The fraction of sp³-hybridized carbons (Fsp3) is 0.0714. The van der Waals surface area contributed by atoms with Crippen LogP contribution in [0.2, 0.25) is 0 Å². The van der Waals surface area contributed by atoms with Gasteiger partial charge in [0.25, 0.3) is 0 Å². The molecule has 0 unspecified atom stereocenters. The van der Waals surface area contributed by atoms with Gasteiger partial charge >= 0.3 is 6.03 Å². The van der Waals surface area contributed by atoms with E-state index in [9.17, 15) is 9.18 Å². The van der Waals surface area contributed by atoms with Gasteiger partial charge in [0.15, 0.2) is 0 Å². The van der Waals surface area contributed by atoms with Crippen LogP contribution in [0.3, 0.4) is 0 Å². The quantitative estimate of drug-likeness (QED) is 0.753. The van der Waals surface area contributed by atoms with Crippen LogP contribution in [0.5, 0.6) is 5.75 Å². The van der Waals surface area contributed by atoms with Crippen LogP contribution in [0.25, 0.3) is 0 Å². The summed E-state index contributed by atoms with van der Waals surface area (Å²) in [5.41, 5.74) is 6.61. The number of nitrogens with two attached hydrogens (primary N) is 1. The lowest BCUT2D eigenvalue weighted by atomic mass is 10.2. The molecule has 2 amide bonds. The molecule has 4 N–H and O–H groups in total. The largest absolute Gasteiger partial charge is 0.497 e. The number of benzene rings is 2. The highest BCUT2D eigenvalue weighted by molar-refractivity contribution is 6.00. The van der Waals surface area contributed by atoms with E-state index >= 15 is 0 Å². The number of rotatable bonds is 3. The van der Waals surface area contributed by atoms with Crippen LogP contribution < -0.4 is 21.1 Å². The van der Waals surface area contributed by atoms with Crippen LogP contribution in [0.1, 0.15) is 0 Å².